The Kier molecular flexibility index (Phi) is 11.9. The fourth-order valence-electron chi connectivity index (χ4n) is 2.25. The van der Waals surface area contributed by atoms with Gasteiger partial charge in [0.25, 0.3) is 0 Å². The maximum atomic E-state index is 13.2. The molecule has 0 heterocycles. The summed E-state index contributed by atoms with van der Waals surface area (Å²) in [5, 5.41) is 3.93. The van der Waals surface area contributed by atoms with E-state index in [0.717, 1.165) is 21.3 Å². The molecule has 0 aliphatic carbocycles. The van der Waals surface area contributed by atoms with Crippen molar-refractivity contribution < 1.29 is 13.9 Å². The lowest BCUT2D eigenvalue weighted by Gasteiger charge is -2.16. The van der Waals surface area contributed by atoms with E-state index in [0.29, 0.717) is 23.2 Å². The van der Waals surface area contributed by atoms with Crippen LogP contribution in [0.15, 0.2) is 40.9 Å². The molecule has 2 rings (SSSR count). The molecule has 0 aliphatic heterocycles. The smallest absolute Gasteiger partial charge is 0.249 e. The summed E-state index contributed by atoms with van der Waals surface area (Å²) in [6.07, 6.45) is 1.16. The van der Waals surface area contributed by atoms with Crippen LogP contribution in [0.4, 0.5) is 10.1 Å². The van der Waals surface area contributed by atoms with Crippen LogP contribution in [0.25, 0.3) is 0 Å². The Morgan fingerprint density at radius 2 is 1.89 bits per heavy atom. The first-order valence-corrected chi connectivity index (χ1v) is 11.7. The largest absolute Gasteiger partial charge is 0.457 e. The summed E-state index contributed by atoms with van der Waals surface area (Å²) in [5.74, 6) is 0.443. The molecule has 0 saturated carbocycles. The van der Waals surface area contributed by atoms with E-state index in [-0.39, 0.29) is 5.78 Å². The predicted molar refractivity (Wildman–Crippen MR) is 126 cm³/mol. The second-order valence-electron chi connectivity index (χ2n) is 6.14. The van der Waals surface area contributed by atoms with Crippen LogP contribution < -0.4 is 10.1 Å². The Morgan fingerprint density at radius 1 is 1.21 bits per heavy atom. The number of alkyl halides is 2. The fourth-order valence-corrected chi connectivity index (χ4v) is 3.11. The van der Waals surface area contributed by atoms with E-state index < -0.39 is 6.10 Å². The van der Waals surface area contributed by atoms with Gasteiger partial charge >= 0.3 is 0 Å². The Morgan fingerprint density at radius 3 is 2.43 bits per heavy atom. The van der Waals surface area contributed by atoms with E-state index in [4.69, 9.17) is 4.74 Å². The summed E-state index contributed by atoms with van der Waals surface area (Å²) < 4.78 is 19.3. The molecule has 0 radical (unpaired) electrons. The molecule has 2 aromatic rings. The summed E-state index contributed by atoms with van der Waals surface area (Å²) in [7, 11) is 1.97. The summed E-state index contributed by atoms with van der Waals surface area (Å²) in [5.41, 5.74) is 3.19. The number of unbranched alkanes of at least 4 members (excludes halogenated alkanes) is 1. The number of benzene rings is 2. The van der Waals surface area contributed by atoms with Crippen molar-refractivity contribution in [1.82, 2.24) is 0 Å². The summed E-state index contributed by atoms with van der Waals surface area (Å²) in [6, 6.07) is 11.0. The summed E-state index contributed by atoms with van der Waals surface area (Å²) in [4.78, 5) is 11.8. The fraction of sp³-hybridized carbons (Fsp3) is 0.381. The maximum absolute atomic E-state index is 13.2. The minimum absolute atomic E-state index is 0.0236. The van der Waals surface area contributed by atoms with Gasteiger partial charge in [-0.3, -0.25) is 4.79 Å². The highest BCUT2D eigenvalue weighted by atomic mass is 79.9. The zero-order chi connectivity index (χ0) is 21.1. The third-order valence-electron chi connectivity index (χ3n) is 3.85. The van der Waals surface area contributed by atoms with Gasteiger partial charge in [-0.2, -0.15) is 4.39 Å². The molecule has 1 N–H and O–H groups in total. The van der Waals surface area contributed by atoms with Crippen LogP contribution in [0.2, 0.25) is 0 Å². The van der Waals surface area contributed by atoms with Crippen LogP contribution in [-0.4, -0.2) is 11.9 Å². The van der Waals surface area contributed by atoms with Gasteiger partial charge < -0.3 is 10.1 Å². The highest BCUT2D eigenvalue weighted by Crippen LogP contribution is 2.27. The van der Waals surface area contributed by atoms with Crippen LogP contribution in [0.3, 0.4) is 0 Å². The first-order valence-electron chi connectivity index (χ1n) is 9.10. The van der Waals surface area contributed by atoms with Crippen molar-refractivity contribution in [3.8, 4) is 5.75 Å². The minimum atomic E-state index is -1.47. The van der Waals surface area contributed by atoms with Gasteiger partial charge in [-0.25, -0.2) is 0 Å². The molecule has 0 aliphatic rings. The summed E-state index contributed by atoms with van der Waals surface area (Å²) in [6.45, 7) is 6.29. The van der Waals surface area contributed by atoms with Crippen molar-refractivity contribution in [2.24, 2.45) is 0 Å². The second-order valence-corrected chi connectivity index (χ2v) is 8.14. The molecule has 0 amide bonds. The normalized spacial score (nSPS) is 11.2. The predicted octanol–water partition coefficient (Wildman–Crippen LogP) is 7.47. The Hall–Kier alpha value is -0.970. The Balaban J connectivity index is 0.000000892. The third kappa shape index (κ3) is 8.59. The van der Waals surface area contributed by atoms with E-state index >= 15 is 0 Å². The molecular weight excluding hydrogens is 508 g/mol. The topological polar surface area (TPSA) is 38.3 Å². The molecular formula is C21H27Br2FNO2P. The Labute approximate surface area is 186 Å². The van der Waals surface area contributed by atoms with Crippen molar-refractivity contribution in [2.45, 2.75) is 51.6 Å². The van der Waals surface area contributed by atoms with Gasteiger partial charge in [-0.1, -0.05) is 73.9 Å². The molecule has 0 aromatic heterocycles. The standard InChI is InChI=1S/C17H17Br2FNO2P.C4H10/c1-10(22)14-4-3-13(19)7-15(14)21-9-12-6-11(8-18)2-5-16(12)23-17(20)24;1-3-4-2/h2-7,17,21H,8-9,24H2,1H3;3-4H2,1-2H3. The average molecular weight is 535 g/mol. The number of halogens is 3. The molecule has 154 valence electrons. The van der Waals surface area contributed by atoms with Crippen molar-refractivity contribution in [2.75, 3.05) is 5.32 Å². The molecule has 2 atom stereocenters. The Bertz CT molecular complexity index is 770. The van der Waals surface area contributed by atoms with Gasteiger partial charge in [0.05, 0.1) is 0 Å². The van der Waals surface area contributed by atoms with Gasteiger partial charge in [-0.15, -0.1) is 0 Å². The van der Waals surface area contributed by atoms with Gasteiger partial charge in [0.1, 0.15) is 5.75 Å². The molecule has 2 unspecified atom stereocenters. The second kappa shape index (κ2) is 13.3. The van der Waals surface area contributed by atoms with Crippen LogP contribution in [0.5, 0.6) is 5.75 Å². The van der Waals surface area contributed by atoms with Crippen molar-refractivity contribution in [3.63, 3.8) is 0 Å². The first kappa shape index (κ1) is 25.1. The third-order valence-corrected chi connectivity index (χ3v) is 5.13. The van der Waals surface area contributed by atoms with Crippen molar-refractivity contribution in [1.29, 1.82) is 0 Å². The van der Waals surface area contributed by atoms with E-state index in [1.165, 1.54) is 19.8 Å². The number of nitrogens with one attached hydrogen (secondary N) is 1. The number of ketones is 1. The SMILES string of the molecule is CC(=O)c1ccc(Br)cc1NCc1cc(CBr)ccc1OC(F)P.CCCC. The molecule has 0 spiro atoms. The number of anilines is 1. The molecule has 0 fully saturated rings. The van der Waals surface area contributed by atoms with Gasteiger partial charge in [0, 0.05) is 33.2 Å². The lowest BCUT2D eigenvalue weighted by molar-refractivity contribution is 0.101. The zero-order valence-electron chi connectivity index (χ0n) is 16.4. The van der Waals surface area contributed by atoms with E-state index in [1.54, 1.807) is 12.1 Å². The number of carbonyl (C=O) groups excluding carboxylic acids is 1. The number of hydrogen-bond acceptors (Lipinski definition) is 3. The molecule has 2 aromatic carbocycles. The quantitative estimate of drug-likeness (QED) is 0.217. The van der Waals surface area contributed by atoms with E-state index in [2.05, 4.69) is 51.0 Å². The van der Waals surface area contributed by atoms with Crippen molar-refractivity contribution in [3.05, 3.63) is 57.6 Å². The average Bonchev–Trinajstić information content (AvgIpc) is 2.66. The monoisotopic (exact) mass is 533 g/mol. The molecule has 0 bridgehead atoms. The molecule has 7 heteroatoms. The minimum Gasteiger partial charge on any atom is -0.457 e. The zero-order valence-corrected chi connectivity index (χ0v) is 20.7. The number of ether oxygens (including phenoxy) is 1. The lowest BCUT2D eigenvalue weighted by Crippen LogP contribution is -2.08. The molecule has 28 heavy (non-hydrogen) atoms. The van der Waals surface area contributed by atoms with Crippen molar-refractivity contribution >= 4 is 52.6 Å². The number of rotatable bonds is 8. The van der Waals surface area contributed by atoms with Crippen LogP contribution in [-0.2, 0) is 11.9 Å². The summed E-state index contributed by atoms with van der Waals surface area (Å²) >= 11 is 6.82. The number of hydrogen-bond donors (Lipinski definition) is 1. The van der Waals surface area contributed by atoms with E-state index in [9.17, 15) is 9.18 Å². The number of carbonyl (C=O) groups is 1. The van der Waals surface area contributed by atoms with Gasteiger partial charge in [-0.05, 0) is 42.8 Å². The van der Waals surface area contributed by atoms with Gasteiger partial charge in [0.2, 0.25) is 6.10 Å². The van der Waals surface area contributed by atoms with Crippen LogP contribution in [0.1, 0.15) is 55.1 Å². The van der Waals surface area contributed by atoms with Gasteiger partial charge in [0.15, 0.2) is 5.78 Å². The molecule has 3 nitrogen and oxygen atoms in total. The maximum Gasteiger partial charge on any atom is 0.249 e. The first-order chi connectivity index (χ1) is 13.3. The highest BCUT2D eigenvalue weighted by molar-refractivity contribution is 9.10. The molecule has 0 saturated heterocycles. The highest BCUT2D eigenvalue weighted by Gasteiger charge is 2.11. The van der Waals surface area contributed by atoms with Crippen LogP contribution >= 0.6 is 41.1 Å². The van der Waals surface area contributed by atoms with E-state index in [1.807, 2.05) is 33.5 Å². The number of Topliss-reactive ketones (excluding diaryl/α,β-unsaturated/α-hetero) is 1. The lowest BCUT2D eigenvalue weighted by atomic mass is 10.1. The van der Waals surface area contributed by atoms with Crippen LogP contribution in [0, 0.1) is 0 Å².